The van der Waals surface area contributed by atoms with Crippen LogP contribution in [0.4, 0.5) is 5.13 Å². The Morgan fingerprint density at radius 1 is 1.16 bits per heavy atom. The normalized spacial score (nSPS) is 11.0. The van der Waals surface area contributed by atoms with Crippen molar-refractivity contribution in [1.29, 1.82) is 0 Å². The number of thiazole rings is 2. The van der Waals surface area contributed by atoms with Crippen molar-refractivity contribution < 1.29 is 9.53 Å². The molecule has 0 atom stereocenters. The quantitative estimate of drug-likeness (QED) is 0.402. The van der Waals surface area contributed by atoms with Crippen molar-refractivity contribution >= 4 is 43.9 Å². The van der Waals surface area contributed by atoms with Gasteiger partial charge in [-0.05, 0) is 43.3 Å². The van der Waals surface area contributed by atoms with E-state index in [0.717, 1.165) is 26.8 Å². The molecule has 0 fully saturated rings. The van der Waals surface area contributed by atoms with Gasteiger partial charge >= 0.3 is 0 Å². The van der Waals surface area contributed by atoms with Crippen molar-refractivity contribution in [2.24, 2.45) is 0 Å². The molecular formula is C22H17N5O2S2. The van der Waals surface area contributed by atoms with Crippen LogP contribution in [-0.4, -0.2) is 32.5 Å². The van der Waals surface area contributed by atoms with E-state index in [9.17, 15) is 4.79 Å². The molecule has 9 heteroatoms. The smallest absolute Gasteiger partial charge is 0.257 e. The van der Waals surface area contributed by atoms with E-state index >= 15 is 0 Å². The summed E-state index contributed by atoms with van der Waals surface area (Å²) in [5.74, 6) is 0.421. The second-order valence-corrected chi connectivity index (χ2v) is 8.59. The van der Waals surface area contributed by atoms with Crippen LogP contribution in [0.3, 0.4) is 0 Å². The van der Waals surface area contributed by atoms with E-state index < -0.39 is 0 Å². The van der Waals surface area contributed by atoms with Gasteiger partial charge in [-0.2, -0.15) is 0 Å². The monoisotopic (exact) mass is 447 g/mol. The van der Waals surface area contributed by atoms with Crippen LogP contribution in [0.25, 0.3) is 26.6 Å². The Morgan fingerprint density at radius 3 is 2.77 bits per heavy atom. The summed E-state index contributed by atoms with van der Waals surface area (Å²) in [4.78, 5) is 26.2. The van der Waals surface area contributed by atoms with Crippen molar-refractivity contribution in [2.75, 3.05) is 12.4 Å². The molecule has 0 aliphatic rings. The minimum absolute atomic E-state index is 0.228. The number of benzene rings is 1. The van der Waals surface area contributed by atoms with Gasteiger partial charge in [-0.15, -0.1) is 11.3 Å². The van der Waals surface area contributed by atoms with Crippen LogP contribution >= 0.6 is 22.7 Å². The summed E-state index contributed by atoms with van der Waals surface area (Å²) >= 11 is 2.97. The second-order valence-electron chi connectivity index (χ2n) is 6.76. The number of carbonyl (C=O) groups is 1. The van der Waals surface area contributed by atoms with Crippen LogP contribution in [0, 0.1) is 6.92 Å². The summed E-state index contributed by atoms with van der Waals surface area (Å²) in [6, 6.07) is 11.2. The molecule has 7 nitrogen and oxygen atoms in total. The van der Waals surface area contributed by atoms with E-state index in [1.165, 1.54) is 11.3 Å². The van der Waals surface area contributed by atoms with Gasteiger partial charge in [-0.1, -0.05) is 11.3 Å². The number of hydrogen-bond donors (Lipinski definition) is 1. The number of nitrogens with one attached hydrogen (secondary N) is 1. The molecule has 1 aromatic carbocycles. The molecule has 4 heterocycles. The van der Waals surface area contributed by atoms with Gasteiger partial charge < -0.3 is 9.30 Å². The number of rotatable bonds is 5. The predicted octanol–water partition coefficient (Wildman–Crippen LogP) is 5.17. The van der Waals surface area contributed by atoms with Gasteiger partial charge in [-0.25, -0.2) is 9.97 Å². The topological polar surface area (TPSA) is 81.9 Å². The molecular weight excluding hydrogens is 430 g/mol. The van der Waals surface area contributed by atoms with Gasteiger partial charge in [0.15, 0.2) is 10.3 Å². The number of fused-ring (bicyclic) bond motifs is 1. The Hall–Kier alpha value is -3.56. The van der Waals surface area contributed by atoms with Crippen LogP contribution in [0.1, 0.15) is 16.1 Å². The van der Waals surface area contributed by atoms with Crippen LogP contribution in [-0.2, 0) is 0 Å². The number of aryl methyl sites for hydroxylation is 1. The number of aromatic nitrogens is 4. The molecule has 154 valence electrons. The van der Waals surface area contributed by atoms with Gasteiger partial charge in [-0.3, -0.25) is 15.1 Å². The second kappa shape index (κ2) is 7.93. The van der Waals surface area contributed by atoms with Gasteiger partial charge in [0.2, 0.25) is 0 Å². The molecule has 1 amide bonds. The zero-order chi connectivity index (χ0) is 21.4. The predicted molar refractivity (Wildman–Crippen MR) is 124 cm³/mol. The molecule has 5 aromatic rings. The van der Waals surface area contributed by atoms with Gasteiger partial charge in [0.25, 0.3) is 5.91 Å². The van der Waals surface area contributed by atoms with Crippen LogP contribution in [0.2, 0.25) is 0 Å². The van der Waals surface area contributed by atoms with Crippen molar-refractivity contribution in [3.05, 3.63) is 71.6 Å². The molecule has 1 N–H and O–H groups in total. The average molecular weight is 448 g/mol. The fourth-order valence-electron chi connectivity index (χ4n) is 3.23. The summed E-state index contributed by atoms with van der Waals surface area (Å²) in [6.07, 6.45) is 5.55. The van der Waals surface area contributed by atoms with Crippen molar-refractivity contribution in [3.8, 4) is 22.1 Å². The van der Waals surface area contributed by atoms with Gasteiger partial charge in [0, 0.05) is 40.8 Å². The lowest BCUT2D eigenvalue weighted by atomic mass is 10.1. The highest BCUT2D eigenvalue weighted by atomic mass is 32.1. The molecule has 0 radical (unpaired) electrons. The fraction of sp³-hybridized carbons (Fsp3) is 0.0909. The van der Waals surface area contributed by atoms with Crippen molar-refractivity contribution in [1.82, 2.24) is 19.5 Å². The number of ether oxygens (including phenoxy) is 1. The highest BCUT2D eigenvalue weighted by Gasteiger charge is 2.18. The standard InChI is InChI=1S/C22H17N5O2S2/c1-13-11-14(7-8-23-13)20(28)26-21-25-18-17(29-2)6-5-15(19(18)31-21)16-12-30-22(24-16)27-9-3-4-10-27/h3-12H,1-2H3,(H,25,26,28). The summed E-state index contributed by atoms with van der Waals surface area (Å²) in [5.41, 5.74) is 3.82. The average Bonchev–Trinajstić information content (AvgIpc) is 3.52. The number of amides is 1. The molecule has 0 unspecified atom stereocenters. The number of nitrogens with zero attached hydrogens (tertiary/aromatic N) is 4. The fourth-order valence-corrected chi connectivity index (χ4v) is 5.02. The van der Waals surface area contributed by atoms with E-state index in [2.05, 4.69) is 15.3 Å². The maximum absolute atomic E-state index is 12.7. The van der Waals surface area contributed by atoms with Crippen LogP contribution < -0.4 is 10.1 Å². The Morgan fingerprint density at radius 2 is 2.00 bits per heavy atom. The number of carbonyl (C=O) groups excluding carboxylic acids is 1. The Bertz CT molecular complexity index is 1390. The lowest BCUT2D eigenvalue weighted by Gasteiger charge is -2.03. The lowest BCUT2D eigenvalue weighted by Crippen LogP contribution is -2.11. The maximum Gasteiger partial charge on any atom is 0.257 e. The van der Waals surface area contributed by atoms with Gasteiger partial charge in [0.05, 0.1) is 17.5 Å². The number of methoxy groups -OCH3 is 1. The molecule has 5 rings (SSSR count). The van der Waals surface area contributed by atoms with E-state index in [4.69, 9.17) is 9.72 Å². The van der Waals surface area contributed by atoms with E-state index in [1.807, 2.05) is 53.5 Å². The Balaban J connectivity index is 1.53. The Labute approximate surface area is 186 Å². The molecule has 31 heavy (non-hydrogen) atoms. The summed E-state index contributed by atoms with van der Waals surface area (Å²) in [7, 11) is 1.61. The van der Waals surface area contributed by atoms with Crippen molar-refractivity contribution in [3.63, 3.8) is 0 Å². The van der Waals surface area contributed by atoms with Crippen LogP contribution in [0.15, 0.2) is 60.4 Å². The Kier molecular flexibility index (Phi) is 4.97. The number of anilines is 1. The van der Waals surface area contributed by atoms with Crippen molar-refractivity contribution in [2.45, 2.75) is 6.92 Å². The first-order chi connectivity index (χ1) is 15.1. The number of hydrogen-bond acceptors (Lipinski definition) is 7. The SMILES string of the molecule is COc1ccc(-c2csc(-n3cccc3)n2)c2sc(NC(=O)c3ccnc(C)c3)nc12. The van der Waals surface area contributed by atoms with Crippen LogP contribution in [0.5, 0.6) is 5.75 Å². The lowest BCUT2D eigenvalue weighted by molar-refractivity contribution is 0.102. The highest BCUT2D eigenvalue weighted by Crippen LogP contribution is 2.40. The minimum atomic E-state index is -0.228. The molecule has 0 bridgehead atoms. The summed E-state index contributed by atoms with van der Waals surface area (Å²) in [5, 5.41) is 6.30. The van der Waals surface area contributed by atoms with E-state index in [-0.39, 0.29) is 5.91 Å². The molecule has 4 aromatic heterocycles. The zero-order valence-corrected chi connectivity index (χ0v) is 18.3. The van der Waals surface area contributed by atoms with Gasteiger partial charge in [0.1, 0.15) is 11.3 Å². The zero-order valence-electron chi connectivity index (χ0n) is 16.7. The third-order valence-electron chi connectivity index (χ3n) is 4.70. The number of pyridine rings is 1. The molecule has 0 saturated heterocycles. The third-order valence-corrected chi connectivity index (χ3v) is 6.56. The van der Waals surface area contributed by atoms with E-state index in [1.54, 1.807) is 36.8 Å². The summed E-state index contributed by atoms with van der Waals surface area (Å²) < 4.78 is 8.39. The maximum atomic E-state index is 12.7. The molecule has 0 aliphatic carbocycles. The summed E-state index contributed by atoms with van der Waals surface area (Å²) in [6.45, 7) is 1.85. The third kappa shape index (κ3) is 3.69. The minimum Gasteiger partial charge on any atom is -0.494 e. The molecule has 0 saturated carbocycles. The molecule has 0 spiro atoms. The molecule has 0 aliphatic heterocycles. The largest absolute Gasteiger partial charge is 0.494 e. The highest BCUT2D eigenvalue weighted by molar-refractivity contribution is 7.23. The first kappa shape index (κ1) is 19.4. The van der Waals surface area contributed by atoms with E-state index in [0.29, 0.717) is 22.0 Å². The first-order valence-corrected chi connectivity index (χ1v) is 11.1. The first-order valence-electron chi connectivity index (χ1n) is 9.43.